The average molecular weight is 533 g/mol. The Morgan fingerprint density at radius 1 is 1.20 bits per heavy atom. The molecule has 3 heterocycles. The molecule has 35 heavy (non-hydrogen) atoms. The zero-order valence-corrected chi connectivity index (χ0v) is 23.2. The molecule has 0 saturated carbocycles. The van der Waals surface area contributed by atoms with E-state index in [0.29, 0.717) is 10.6 Å². The van der Waals surface area contributed by atoms with E-state index < -0.39 is 0 Å². The second kappa shape index (κ2) is 11.7. The van der Waals surface area contributed by atoms with Gasteiger partial charge in [-0.05, 0) is 56.6 Å². The number of nitrogens with one attached hydrogen (secondary N) is 1. The molecule has 0 atom stereocenters. The van der Waals surface area contributed by atoms with Crippen LogP contribution in [0.5, 0.6) is 0 Å². The molecule has 1 N–H and O–H groups in total. The van der Waals surface area contributed by atoms with Crippen molar-refractivity contribution >= 4 is 51.3 Å². The Morgan fingerprint density at radius 2 is 2.00 bits per heavy atom. The summed E-state index contributed by atoms with van der Waals surface area (Å²) in [7, 11) is 1.39. The number of aryl methyl sites for hydroxylation is 2. The molecule has 0 aromatic carbocycles. The highest BCUT2D eigenvalue weighted by atomic mass is 32.2. The van der Waals surface area contributed by atoms with Crippen molar-refractivity contribution in [1.29, 1.82) is 0 Å². The quantitative estimate of drug-likeness (QED) is 0.203. The van der Waals surface area contributed by atoms with Gasteiger partial charge in [0.2, 0.25) is 5.91 Å². The lowest BCUT2D eigenvalue weighted by atomic mass is 10.1. The van der Waals surface area contributed by atoms with Crippen LogP contribution < -0.4 is 5.32 Å². The fraction of sp³-hybridized carbons (Fsp3) is 0.520. The minimum atomic E-state index is -0.377. The highest BCUT2D eigenvalue weighted by Crippen LogP contribution is 2.38. The van der Waals surface area contributed by atoms with Gasteiger partial charge in [-0.1, -0.05) is 32.0 Å². The first-order valence-electron chi connectivity index (χ1n) is 12.1. The number of methoxy groups -OCH3 is 1. The third-order valence-electron chi connectivity index (χ3n) is 6.26. The van der Waals surface area contributed by atoms with Gasteiger partial charge in [-0.25, -0.2) is 4.79 Å². The van der Waals surface area contributed by atoms with E-state index in [0.717, 1.165) is 73.6 Å². The summed E-state index contributed by atoms with van der Waals surface area (Å²) in [5, 5.41) is 15.4. The lowest BCUT2D eigenvalue weighted by Gasteiger charge is -2.10. The number of rotatable bonds is 9. The van der Waals surface area contributed by atoms with Gasteiger partial charge < -0.3 is 14.6 Å². The number of carbonyl (C=O) groups excluding carboxylic acids is 2. The number of anilines is 1. The van der Waals surface area contributed by atoms with Crippen LogP contribution >= 0.6 is 34.4 Å². The van der Waals surface area contributed by atoms with Crippen LogP contribution in [0, 0.1) is 6.92 Å². The summed E-state index contributed by atoms with van der Waals surface area (Å²) >= 11 is 4.63. The Hall–Kier alpha value is -2.17. The van der Waals surface area contributed by atoms with Gasteiger partial charge in [0.15, 0.2) is 11.0 Å². The smallest absolute Gasteiger partial charge is 0.341 e. The molecule has 7 nitrogen and oxygen atoms in total. The first-order valence-corrected chi connectivity index (χ1v) is 14.8. The van der Waals surface area contributed by atoms with Crippen molar-refractivity contribution in [2.45, 2.75) is 77.4 Å². The molecular weight excluding hydrogens is 501 g/mol. The Kier molecular flexibility index (Phi) is 8.67. The number of thiophene rings is 2. The Bertz CT molecular complexity index is 1210. The number of nitrogens with zero attached hydrogens (tertiary/aromatic N) is 3. The van der Waals surface area contributed by atoms with Gasteiger partial charge in [0.1, 0.15) is 5.00 Å². The van der Waals surface area contributed by atoms with Crippen molar-refractivity contribution in [2.75, 3.05) is 18.2 Å². The molecule has 4 rings (SSSR count). The van der Waals surface area contributed by atoms with Crippen LogP contribution in [0.25, 0.3) is 11.4 Å². The van der Waals surface area contributed by atoms with Gasteiger partial charge in [-0.3, -0.25) is 4.79 Å². The maximum Gasteiger partial charge on any atom is 0.341 e. The monoisotopic (exact) mass is 532 g/mol. The summed E-state index contributed by atoms with van der Waals surface area (Å²) in [5.74, 6) is 0.516. The van der Waals surface area contributed by atoms with Crippen molar-refractivity contribution in [3.05, 3.63) is 31.8 Å². The van der Waals surface area contributed by atoms with E-state index in [1.165, 1.54) is 45.5 Å². The molecule has 188 valence electrons. The molecule has 0 bridgehead atoms. The first kappa shape index (κ1) is 25.9. The second-order valence-electron chi connectivity index (χ2n) is 8.59. The summed E-state index contributed by atoms with van der Waals surface area (Å²) in [5.41, 5.74) is 4.02. The summed E-state index contributed by atoms with van der Waals surface area (Å²) in [6.07, 6.45) is 7.00. The molecule has 1 aliphatic carbocycles. The molecule has 3 aromatic rings. The van der Waals surface area contributed by atoms with Crippen LogP contribution in [0.1, 0.15) is 70.8 Å². The number of aromatic nitrogens is 3. The van der Waals surface area contributed by atoms with Crippen LogP contribution in [-0.4, -0.2) is 39.5 Å². The van der Waals surface area contributed by atoms with Gasteiger partial charge in [-0.2, -0.15) is 0 Å². The Balaban J connectivity index is 1.52. The number of thioether (sulfide) groups is 1. The molecule has 0 fully saturated rings. The van der Waals surface area contributed by atoms with Crippen molar-refractivity contribution in [3.63, 3.8) is 0 Å². The minimum Gasteiger partial charge on any atom is -0.465 e. The highest BCUT2D eigenvalue weighted by molar-refractivity contribution is 7.99. The Labute approximate surface area is 218 Å². The lowest BCUT2D eigenvalue weighted by Crippen LogP contribution is -2.17. The predicted molar refractivity (Wildman–Crippen MR) is 144 cm³/mol. The number of fused-ring (bicyclic) bond motifs is 1. The highest BCUT2D eigenvalue weighted by Gasteiger charge is 2.26. The van der Waals surface area contributed by atoms with Gasteiger partial charge >= 0.3 is 5.97 Å². The van der Waals surface area contributed by atoms with Crippen molar-refractivity contribution in [1.82, 2.24) is 14.8 Å². The number of ether oxygens (including phenoxy) is 1. The van der Waals surface area contributed by atoms with E-state index in [-0.39, 0.29) is 17.6 Å². The maximum absolute atomic E-state index is 12.9. The van der Waals surface area contributed by atoms with E-state index in [9.17, 15) is 9.59 Å². The molecule has 1 aliphatic rings. The zero-order chi connectivity index (χ0) is 24.9. The third kappa shape index (κ3) is 5.49. The molecule has 10 heteroatoms. The predicted octanol–water partition coefficient (Wildman–Crippen LogP) is 6.14. The fourth-order valence-corrected chi connectivity index (χ4v) is 7.56. The van der Waals surface area contributed by atoms with E-state index >= 15 is 0 Å². The molecule has 3 aromatic heterocycles. The van der Waals surface area contributed by atoms with E-state index in [2.05, 4.69) is 46.2 Å². The van der Waals surface area contributed by atoms with Crippen LogP contribution in [-0.2, 0) is 35.3 Å². The van der Waals surface area contributed by atoms with Gasteiger partial charge in [0.05, 0.1) is 18.4 Å². The van der Waals surface area contributed by atoms with Gasteiger partial charge in [0, 0.05) is 27.2 Å². The number of carbonyl (C=O) groups is 2. The molecule has 0 spiro atoms. The van der Waals surface area contributed by atoms with E-state index in [1.54, 1.807) is 11.3 Å². The van der Waals surface area contributed by atoms with Crippen LogP contribution in [0.4, 0.5) is 5.00 Å². The van der Waals surface area contributed by atoms with Crippen molar-refractivity contribution < 1.29 is 14.3 Å². The normalized spacial score (nSPS) is 13.4. The third-order valence-corrected chi connectivity index (χ3v) is 9.39. The first-order chi connectivity index (χ1) is 17.0. The summed E-state index contributed by atoms with van der Waals surface area (Å²) in [6, 6.07) is 0. The number of hydrogen-bond donors (Lipinski definition) is 1. The number of hydrogen-bond acceptors (Lipinski definition) is 8. The lowest BCUT2D eigenvalue weighted by molar-refractivity contribution is -0.113. The maximum atomic E-state index is 12.9. The summed E-state index contributed by atoms with van der Waals surface area (Å²) in [4.78, 5) is 28.0. The molecule has 0 aliphatic heterocycles. The van der Waals surface area contributed by atoms with Crippen molar-refractivity contribution in [2.24, 2.45) is 0 Å². The Morgan fingerprint density at radius 3 is 2.74 bits per heavy atom. The summed E-state index contributed by atoms with van der Waals surface area (Å²) < 4.78 is 7.17. The van der Waals surface area contributed by atoms with E-state index in [4.69, 9.17) is 4.74 Å². The van der Waals surface area contributed by atoms with E-state index in [1.807, 2.05) is 0 Å². The molecule has 0 saturated heterocycles. The fourth-order valence-electron chi connectivity index (χ4n) is 4.57. The topological polar surface area (TPSA) is 86.1 Å². The van der Waals surface area contributed by atoms with Gasteiger partial charge in [-0.15, -0.1) is 32.9 Å². The molecule has 0 radical (unpaired) electrons. The molecular formula is C25H32N4O3S3. The number of amides is 1. The van der Waals surface area contributed by atoms with Crippen LogP contribution in [0.15, 0.2) is 10.5 Å². The zero-order valence-electron chi connectivity index (χ0n) is 20.7. The van der Waals surface area contributed by atoms with Gasteiger partial charge in [0.25, 0.3) is 0 Å². The summed E-state index contributed by atoms with van der Waals surface area (Å²) in [6.45, 7) is 7.21. The second-order valence-corrected chi connectivity index (χ2v) is 11.7. The molecule has 1 amide bonds. The SMILES string of the molecule is CCCn1c(SCC(=O)Nc2sc3c(c2C(=O)OC)CCCCC3)nnc1-c1csc(C)c1CC. The van der Waals surface area contributed by atoms with Crippen LogP contribution in [0.2, 0.25) is 0 Å². The average Bonchev–Trinajstić information content (AvgIpc) is 3.47. The van der Waals surface area contributed by atoms with Crippen molar-refractivity contribution in [3.8, 4) is 11.4 Å². The standard InChI is InChI=1S/C25H32N4O3S3/c1-5-12-29-22(18-13-33-15(3)16(18)6-2)27-28-25(29)34-14-20(30)26-23-21(24(31)32-4)17-10-8-7-9-11-19(17)35-23/h13H,5-12,14H2,1-4H3,(H,26,30). The minimum absolute atomic E-state index is 0.162. The van der Waals surface area contributed by atoms with Crippen LogP contribution in [0.3, 0.4) is 0 Å². The molecule has 0 unspecified atom stereocenters. The number of esters is 1. The largest absolute Gasteiger partial charge is 0.465 e.